The Hall–Kier alpha value is -0.230. The van der Waals surface area contributed by atoms with Gasteiger partial charge in [0.05, 0.1) is 11.9 Å². The summed E-state index contributed by atoms with van der Waals surface area (Å²) in [6, 6.07) is 0. The van der Waals surface area contributed by atoms with E-state index in [0.29, 0.717) is 12.5 Å². The first-order valence-electron chi connectivity index (χ1n) is 5.00. The van der Waals surface area contributed by atoms with Crippen molar-refractivity contribution in [2.24, 2.45) is 0 Å². The Kier molecular flexibility index (Phi) is 5.21. The molecule has 0 aliphatic carbocycles. The maximum atomic E-state index is 11.7. The largest absolute Gasteiger partial charge is 0.394 e. The van der Waals surface area contributed by atoms with Gasteiger partial charge in [-0.1, -0.05) is 0 Å². The highest BCUT2D eigenvalue weighted by atomic mass is 32.3. The molecule has 0 fully saturated rings. The van der Waals surface area contributed by atoms with Crippen LogP contribution in [0.5, 0.6) is 0 Å². The first-order valence-corrected chi connectivity index (χ1v) is 10.7. The van der Waals surface area contributed by atoms with Crippen LogP contribution >= 0.6 is 0 Å². The molecule has 0 aromatic heterocycles. The molecule has 0 aromatic carbocycles. The molecule has 0 aromatic rings. The SMILES string of the molecule is CC(C(O)C(CO)(S(C)(=O)=O)S(C)(=O)=O)S(C)(=O)=O. The smallest absolute Gasteiger partial charge is 0.221 e. The first-order chi connectivity index (χ1) is 8.13. The molecule has 11 heteroatoms. The van der Waals surface area contributed by atoms with Gasteiger partial charge in [0.25, 0.3) is 0 Å². The molecule has 0 aliphatic rings. The van der Waals surface area contributed by atoms with Gasteiger partial charge in [-0.3, -0.25) is 0 Å². The van der Waals surface area contributed by atoms with Gasteiger partial charge >= 0.3 is 0 Å². The average Bonchev–Trinajstić information content (AvgIpc) is 2.11. The number of hydrogen-bond donors (Lipinski definition) is 2. The fraction of sp³-hybridized carbons (Fsp3) is 1.00. The highest BCUT2D eigenvalue weighted by Gasteiger charge is 2.58. The summed E-state index contributed by atoms with van der Waals surface area (Å²) in [5.41, 5.74) is 0. The fourth-order valence-corrected chi connectivity index (χ4v) is 6.46. The fourth-order valence-electron chi connectivity index (χ4n) is 1.63. The second kappa shape index (κ2) is 5.28. The molecule has 2 atom stereocenters. The van der Waals surface area contributed by atoms with Crippen LogP contribution in [0.15, 0.2) is 0 Å². The van der Waals surface area contributed by atoms with Gasteiger partial charge in [-0.05, 0) is 6.92 Å². The first kappa shape index (κ1) is 18.8. The van der Waals surface area contributed by atoms with Crippen molar-refractivity contribution < 1.29 is 35.5 Å². The molecule has 8 nitrogen and oxygen atoms in total. The Bertz CT molecular complexity index is 595. The Morgan fingerprint density at radius 1 is 0.947 bits per heavy atom. The molecule has 2 N–H and O–H groups in total. The normalized spacial score (nSPS) is 18.0. The quantitative estimate of drug-likeness (QED) is 0.543. The van der Waals surface area contributed by atoms with Crippen molar-refractivity contribution >= 4 is 29.5 Å². The zero-order chi connectivity index (χ0) is 15.9. The molecule has 0 rings (SSSR count). The van der Waals surface area contributed by atoms with E-state index in [9.17, 15) is 35.5 Å². The lowest BCUT2D eigenvalue weighted by Crippen LogP contribution is -2.61. The van der Waals surface area contributed by atoms with E-state index in [4.69, 9.17) is 0 Å². The van der Waals surface area contributed by atoms with Crippen molar-refractivity contribution in [2.45, 2.75) is 22.4 Å². The lowest BCUT2D eigenvalue weighted by atomic mass is 10.2. The van der Waals surface area contributed by atoms with Crippen LogP contribution in [0.1, 0.15) is 6.92 Å². The van der Waals surface area contributed by atoms with Crippen LogP contribution in [-0.2, 0) is 29.5 Å². The molecule has 0 saturated carbocycles. The summed E-state index contributed by atoms with van der Waals surface area (Å²) in [4.78, 5) is 0. The summed E-state index contributed by atoms with van der Waals surface area (Å²) in [7, 11) is -12.9. The average molecular weight is 338 g/mol. The molecule has 116 valence electrons. The van der Waals surface area contributed by atoms with Crippen molar-refractivity contribution in [3.05, 3.63) is 0 Å². The van der Waals surface area contributed by atoms with Crippen LogP contribution in [-0.4, -0.2) is 76.3 Å². The topological polar surface area (TPSA) is 143 Å². The third-order valence-electron chi connectivity index (χ3n) is 3.05. The molecule has 0 heterocycles. The minimum absolute atomic E-state index is 0.516. The highest BCUT2D eigenvalue weighted by molar-refractivity contribution is 8.09. The zero-order valence-electron chi connectivity index (χ0n) is 10.9. The predicted octanol–water partition coefficient (Wildman–Crippen LogP) is -2.44. The van der Waals surface area contributed by atoms with Gasteiger partial charge in [0.15, 0.2) is 29.5 Å². The summed E-state index contributed by atoms with van der Waals surface area (Å²) >= 11 is 0. The van der Waals surface area contributed by atoms with Crippen LogP contribution in [0.25, 0.3) is 0 Å². The van der Waals surface area contributed by atoms with Gasteiger partial charge in [-0.2, -0.15) is 0 Å². The summed E-state index contributed by atoms with van der Waals surface area (Å²) in [5.74, 6) is 0. The van der Waals surface area contributed by atoms with E-state index in [1.165, 1.54) is 0 Å². The van der Waals surface area contributed by atoms with Crippen molar-refractivity contribution in [3.63, 3.8) is 0 Å². The standard InChI is InChI=1S/C8H18O8S3/c1-6(17(2,11)12)7(10)8(5-9,18(3,13)14)19(4,15)16/h6-7,9-10H,5H2,1-4H3. The van der Waals surface area contributed by atoms with Crippen LogP contribution in [0.4, 0.5) is 0 Å². The monoisotopic (exact) mass is 338 g/mol. The van der Waals surface area contributed by atoms with Gasteiger partial charge in [-0.15, -0.1) is 0 Å². The Labute approximate surface area is 113 Å². The summed E-state index contributed by atoms with van der Waals surface area (Å²) < 4.78 is 66.6. The van der Waals surface area contributed by atoms with Gasteiger partial charge in [0, 0.05) is 18.8 Å². The van der Waals surface area contributed by atoms with Crippen molar-refractivity contribution in [1.82, 2.24) is 0 Å². The van der Waals surface area contributed by atoms with Crippen LogP contribution in [0.3, 0.4) is 0 Å². The van der Waals surface area contributed by atoms with E-state index in [1.54, 1.807) is 0 Å². The predicted molar refractivity (Wildman–Crippen MR) is 69.8 cm³/mol. The minimum Gasteiger partial charge on any atom is -0.394 e. The number of rotatable bonds is 6. The number of sulfone groups is 3. The number of aliphatic hydroxyl groups excluding tert-OH is 2. The maximum Gasteiger partial charge on any atom is 0.221 e. The molecule has 0 saturated heterocycles. The van der Waals surface area contributed by atoms with Crippen molar-refractivity contribution in [2.75, 3.05) is 25.4 Å². The molecular formula is C8H18O8S3. The molecule has 2 unspecified atom stereocenters. The van der Waals surface area contributed by atoms with Crippen molar-refractivity contribution in [1.29, 1.82) is 0 Å². The van der Waals surface area contributed by atoms with Crippen LogP contribution in [0, 0.1) is 0 Å². The van der Waals surface area contributed by atoms with E-state index >= 15 is 0 Å². The zero-order valence-corrected chi connectivity index (χ0v) is 13.4. The second-order valence-electron chi connectivity index (χ2n) is 4.49. The van der Waals surface area contributed by atoms with Crippen LogP contribution < -0.4 is 0 Å². The third kappa shape index (κ3) is 3.27. The molecule has 0 bridgehead atoms. The summed E-state index contributed by atoms with van der Waals surface area (Å²) in [6.07, 6.45) is -0.545. The van der Waals surface area contributed by atoms with Gasteiger partial charge < -0.3 is 10.2 Å². The number of aliphatic hydroxyl groups is 2. The summed E-state index contributed by atoms with van der Waals surface area (Å²) in [6.45, 7) is -0.466. The maximum absolute atomic E-state index is 11.7. The lowest BCUT2D eigenvalue weighted by Gasteiger charge is -2.35. The lowest BCUT2D eigenvalue weighted by molar-refractivity contribution is 0.118. The van der Waals surface area contributed by atoms with Crippen LogP contribution in [0.2, 0.25) is 0 Å². The van der Waals surface area contributed by atoms with E-state index in [-0.39, 0.29) is 0 Å². The molecule has 0 spiro atoms. The van der Waals surface area contributed by atoms with E-state index < -0.39 is 51.6 Å². The Morgan fingerprint density at radius 2 is 1.26 bits per heavy atom. The molecule has 0 radical (unpaired) electrons. The van der Waals surface area contributed by atoms with Gasteiger partial charge in [-0.25, -0.2) is 25.3 Å². The third-order valence-corrected chi connectivity index (χ3v) is 9.72. The van der Waals surface area contributed by atoms with E-state index in [2.05, 4.69) is 0 Å². The molecule has 0 amide bonds. The Morgan fingerprint density at radius 3 is 1.42 bits per heavy atom. The second-order valence-corrected chi connectivity index (χ2v) is 11.7. The Balaban J connectivity index is 6.38. The van der Waals surface area contributed by atoms with E-state index in [0.717, 1.165) is 13.2 Å². The van der Waals surface area contributed by atoms with Crippen molar-refractivity contribution in [3.8, 4) is 0 Å². The number of hydrogen-bond acceptors (Lipinski definition) is 8. The molecular weight excluding hydrogens is 320 g/mol. The van der Waals surface area contributed by atoms with Gasteiger partial charge in [0.1, 0.15) is 6.10 Å². The minimum atomic E-state index is -4.49. The highest BCUT2D eigenvalue weighted by Crippen LogP contribution is 2.31. The molecule has 19 heavy (non-hydrogen) atoms. The summed E-state index contributed by atoms with van der Waals surface area (Å²) in [5, 5.41) is 17.5. The van der Waals surface area contributed by atoms with E-state index in [1.807, 2.05) is 0 Å². The van der Waals surface area contributed by atoms with Gasteiger partial charge in [0.2, 0.25) is 4.08 Å². The molecule has 0 aliphatic heterocycles.